The van der Waals surface area contributed by atoms with Crippen LogP contribution in [-0.4, -0.2) is 32.6 Å². The Kier molecular flexibility index (Phi) is 5.64. The van der Waals surface area contributed by atoms with Gasteiger partial charge in [-0.25, -0.2) is 0 Å². The number of anilines is 1. The van der Waals surface area contributed by atoms with E-state index in [-0.39, 0.29) is 24.3 Å². The molecule has 1 aliphatic heterocycles. The van der Waals surface area contributed by atoms with E-state index in [1.807, 2.05) is 37.3 Å². The normalized spacial score (nSPS) is 17.5. The van der Waals surface area contributed by atoms with Gasteiger partial charge in [0.2, 0.25) is 11.8 Å². The van der Waals surface area contributed by atoms with Gasteiger partial charge < -0.3 is 19.7 Å². The maximum Gasteiger partial charge on any atom is 0.227 e. The van der Waals surface area contributed by atoms with Crippen molar-refractivity contribution in [2.24, 2.45) is 5.92 Å². The molecule has 142 valence electrons. The van der Waals surface area contributed by atoms with Crippen molar-refractivity contribution in [3.63, 3.8) is 0 Å². The number of carbonyl (C=O) groups excluding carboxylic acids is 2. The molecule has 0 saturated carbocycles. The van der Waals surface area contributed by atoms with Crippen molar-refractivity contribution in [3.8, 4) is 11.5 Å². The molecule has 0 bridgehead atoms. The van der Waals surface area contributed by atoms with Gasteiger partial charge in [0.05, 0.1) is 31.9 Å². The number of rotatable bonds is 6. The number of nitrogens with one attached hydrogen (secondary N) is 1. The molecule has 1 heterocycles. The average molecular weight is 368 g/mol. The molecule has 2 aromatic carbocycles. The Morgan fingerprint density at radius 2 is 1.89 bits per heavy atom. The lowest BCUT2D eigenvalue weighted by atomic mass is 10.1. The summed E-state index contributed by atoms with van der Waals surface area (Å²) in [6.07, 6.45) is 0.183. The van der Waals surface area contributed by atoms with E-state index in [1.54, 1.807) is 37.3 Å². The van der Waals surface area contributed by atoms with E-state index < -0.39 is 5.92 Å². The van der Waals surface area contributed by atoms with Crippen LogP contribution in [0.2, 0.25) is 0 Å². The Labute approximate surface area is 159 Å². The number of hydrogen-bond donors (Lipinski definition) is 1. The minimum Gasteiger partial charge on any atom is -0.497 e. The summed E-state index contributed by atoms with van der Waals surface area (Å²) in [4.78, 5) is 26.8. The molecule has 6 nitrogen and oxygen atoms in total. The number of amides is 2. The van der Waals surface area contributed by atoms with Crippen LogP contribution in [0.3, 0.4) is 0 Å². The minimum absolute atomic E-state index is 0.0917. The highest BCUT2D eigenvalue weighted by Gasteiger charge is 2.36. The first-order valence-electron chi connectivity index (χ1n) is 8.91. The molecular weight excluding hydrogens is 344 g/mol. The van der Waals surface area contributed by atoms with Crippen LogP contribution in [-0.2, 0) is 9.59 Å². The van der Waals surface area contributed by atoms with Gasteiger partial charge in [0.25, 0.3) is 0 Å². The molecule has 0 aromatic heterocycles. The Morgan fingerprint density at radius 3 is 2.56 bits per heavy atom. The summed E-state index contributed by atoms with van der Waals surface area (Å²) in [5.41, 5.74) is 1.68. The van der Waals surface area contributed by atoms with Crippen LogP contribution in [0.15, 0.2) is 48.5 Å². The van der Waals surface area contributed by atoms with Crippen molar-refractivity contribution >= 4 is 17.5 Å². The molecule has 1 N–H and O–H groups in total. The smallest absolute Gasteiger partial charge is 0.227 e. The van der Waals surface area contributed by atoms with Crippen molar-refractivity contribution < 1.29 is 19.1 Å². The monoisotopic (exact) mass is 368 g/mol. The molecule has 1 fully saturated rings. The second kappa shape index (κ2) is 8.12. The minimum atomic E-state index is -0.393. The zero-order valence-corrected chi connectivity index (χ0v) is 15.8. The second-order valence-corrected chi connectivity index (χ2v) is 6.58. The fourth-order valence-corrected chi connectivity index (χ4v) is 3.28. The summed E-state index contributed by atoms with van der Waals surface area (Å²) in [6.45, 7) is 2.27. The topological polar surface area (TPSA) is 67.9 Å². The molecule has 0 unspecified atom stereocenters. The van der Waals surface area contributed by atoms with E-state index in [4.69, 9.17) is 9.47 Å². The third-order valence-electron chi connectivity index (χ3n) is 4.83. The van der Waals surface area contributed by atoms with Crippen molar-refractivity contribution in [3.05, 3.63) is 54.1 Å². The predicted molar refractivity (Wildman–Crippen MR) is 103 cm³/mol. The van der Waals surface area contributed by atoms with Crippen LogP contribution >= 0.6 is 0 Å². The summed E-state index contributed by atoms with van der Waals surface area (Å²) >= 11 is 0. The van der Waals surface area contributed by atoms with E-state index in [1.165, 1.54) is 0 Å². The van der Waals surface area contributed by atoms with Gasteiger partial charge in [-0.05, 0) is 24.6 Å². The number of ether oxygens (including phenoxy) is 2. The molecule has 3 rings (SSSR count). The molecule has 0 radical (unpaired) electrons. The molecule has 2 aromatic rings. The highest BCUT2D eigenvalue weighted by Crippen LogP contribution is 2.35. The summed E-state index contributed by atoms with van der Waals surface area (Å²) in [5.74, 6) is 0.589. The van der Waals surface area contributed by atoms with E-state index in [0.717, 1.165) is 5.56 Å². The summed E-state index contributed by atoms with van der Waals surface area (Å²) in [7, 11) is 3.12. The van der Waals surface area contributed by atoms with Gasteiger partial charge in [-0.1, -0.05) is 30.3 Å². The zero-order chi connectivity index (χ0) is 19.4. The molecular formula is C21H24N2O4. The third kappa shape index (κ3) is 4.05. The first kappa shape index (κ1) is 18.8. The van der Waals surface area contributed by atoms with Crippen molar-refractivity contribution in [1.82, 2.24) is 5.32 Å². The number of benzene rings is 2. The quantitative estimate of drug-likeness (QED) is 0.851. The standard InChI is InChI=1S/C21H24N2O4/c1-14(15-7-5-4-6-8-15)22-21(25)16-11-20(24)23(13-16)18-10-9-17(26-2)12-19(18)27-3/h4-10,12,14,16H,11,13H2,1-3H3,(H,22,25)/t14-,16+/m0/s1. The summed E-state index contributed by atoms with van der Waals surface area (Å²) < 4.78 is 10.6. The van der Waals surface area contributed by atoms with E-state index >= 15 is 0 Å². The van der Waals surface area contributed by atoms with E-state index in [9.17, 15) is 9.59 Å². The lowest BCUT2D eigenvalue weighted by molar-refractivity contribution is -0.126. The number of carbonyl (C=O) groups is 2. The van der Waals surface area contributed by atoms with Gasteiger partial charge in [0, 0.05) is 19.0 Å². The molecule has 6 heteroatoms. The van der Waals surface area contributed by atoms with Gasteiger partial charge in [0.1, 0.15) is 11.5 Å². The van der Waals surface area contributed by atoms with Crippen LogP contribution < -0.4 is 19.7 Å². The number of hydrogen-bond acceptors (Lipinski definition) is 4. The molecule has 2 atom stereocenters. The highest BCUT2D eigenvalue weighted by atomic mass is 16.5. The maximum absolute atomic E-state index is 12.7. The fourth-order valence-electron chi connectivity index (χ4n) is 3.28. The SMILES string of the molecule is COc1ccc(N2C[C@H](C(=O)N[C@@H](C)c3ccccc3)CC2=O)c(OC)c1. The number of methoxy groups -OCH3 is 2. The van der Waals surface area contributed by atoms with Crippen LogP contribution in [0.25, 0.3) is 0 Å². The van der Waals surface area contributed by atoms with Gasteiger partial charge in [0.15, 0.2) is 0 Å². The summed E-state index contributed by atoms with van der Waals surface area (Å²) in [5, 5.41) is 3.01. The average Bonchev–Trinajstić information content (AvgIpc) is 3.09. The Hall–Kier alpha value is -3.02. The Morgan fingerprint density at radius 1 is 1.15 bits per heavy atom. The largest absolute Gasteiger partial charge is 0.497 e. The molecule has 0 spiro atoms. The van der Waals surface area contributed by atoms with E-state index in [2.05, 4.69) is 5.32 Å². The summed E-state index contributed by atoms with van der Waals surface area (Å²) in [6, 6.07) is 14.9. The fraction of sp³-hybridized carbons (Fsp3) is 0.333. The van der Waals surface area contributed by atoms with Gasteiger partial charge in [-0.2, -0.15) is 0 Å². The number of nitrogens with zero attached hydrogens (tertiary/aromatic N) is 1. The van der Waals surface area contributed by atoms with Crippen LogP contribution in [0.1, 0.15) is 24.9 Å². The maximum atomic E-state index is 12.7. The van der Waals surface area contributed by atoms with E-state index in [0.29, 0.717) is 23.7 Å². The lowest BCUT2D eigenvalue weighted by Gasteiger charge is -2.21. The second-order valence-electron chi connectivity index (χ2n) is 6.58. The third-order valence-corrected chi connectivity index (χ3v) is 4.83. The van der Waals surface area contributed by atoms with Crippen molar-refractivity contribution in [2.75, 3.05) is 25.7 Å². The lowest BCUT2D eigenvalue weighted by Crippen LogP contribution is -2.34. The van der Waals surface area contributed by atoms with Crippen molar-refractivity contribution in [2.45, 2.75) is 19.4 Å². The predicted octanol–water partition coefficient (Wildman–Crippen LogP) is 2.93. The first-order valence-corrected chi connectivity index (χ1v) is 8.91. The molecule has 2 amide bonds. The molecule has 1 aliphatic rings. The van der Waals surface area contributed by atoms with Gasteiger partial charge in [-0.3, -0.25) is 9.59 Å². The van der Waals surface area contributed by atoms with Gasteiger partial charge in [-0.15, -0.1) is 0 Å². The van der Waals surface area contributed by atoms with Crippen molar-refractivity contribution in [1.29, 1.82) is 0 Å². The van der Waals surface area contributed by atoms with Crippen LogP contribution in [0.5, 0.6) is 11.5 Å². The zero-order valence-electron chi connectivity index (χ0n) is 15.8. The molecule has 1 saturated heterocycles. The Bertz CT molecular complexity index is 822. The first-order chi connectivity index (χ1) is 13.0. The van der Waals surface area contributed by atoms with Gasteiger partial charge >= 0.3 is 0 Å². The van der Waals surface area contributed by atoms with Crippen LogP contribution in [0.4, 0.5) is 5.69 Å². The molecule has 27 heavy (non-hydrogen) atoms. The Balaban J connectivity index is 1.71. The van der Waals surface area contributed by atoms with Crippen LogP contribution in [0, 0.1) is 5.92 Å². The highest BCUT2D eigenvalue weighted by molar-refractivity contribution is 6.01. The molecule has 0 aliphatic carbocycles.